The SMILES string of the molecule is CCCNCc1cccc(N2CC(C)(C)C2)c1. The van der Waals surface area contributed by atoms with Gasteiger partial charge in [-0.05, 0) is 36.1 Å². The number of hydrogen-bond acceptors (Lipinski definition) is 2. The largest absolute Gasteiger partial charge is 0.370 e. The summed E-state index contributed by atoms with van der Waals surface area (Å²) in [7, 11) is 0. The highest BCUT2D eigenvalue weighted by Crippen LogP contribution is 2.33. The van der Waals surface area contributed by atoms with Crippen LogP contribution in [0, 0.1) is 5.41 Å². The zero-order chi connectivity index (χ0) is 12.3. The van der Waals surface area contributed by atoms with Crippen LogP contribution in [0.2, 0.25) is 0 Å². The number of nitrogens with zero attached hydrogens (tertiary/aromatic N) is 1. The predicted molar refractivity (Wildman–Crippen MR) is 74.4 cm³/mol. The lowest BCUT2D eigenvalue weighted by atomic mass is 9.84. The van der Waals surface area contributed by atoms with Gasteiger partial charge in [-0.25, -0.2) is 0 Å². The molecule has 0 amide bonds. The van der Waals surface area contributed by atoms with Gasteiger partial charge >= 0.3 is 0 Å². The Hall–Kier alpha value is -1.02. The standard InChI is InChI=1S/C15H24N2/c1-4-8-16-10-13-6-5-7-14(9-13)17-11-15(2,3)12-17/h5-7,9,16H,4,8,10-12H2,1-3H3. The van der Waals surface area contributed by atoms with Crippen molar-refractivity contribution < 1.29 is 0 Å². The van der Waals surface area contributed by atoms with E-state index in [-0.39, 0.29) is 0 Å². The number of anilines is 1. The Bertz CT molecular complexity index is 363. The van der Waals surface area contributed by atoms with Crippen LogP contribution in [0.4, 0.5) is 5.69 Å². The molecule has 1 heterocycles. The van der Waals surface area contributed by atoms with E-state index < -0.39 is 0 Å². The van der Waals surface area contributed by atoms with Gasteiger partial charge in [-0.1, -0.05) is 32.9 Å². The second-order valence-corrected chi connectivity index (χ2v) is 5.87. The Morgan fingerprint density at radius 1 is 1.29 bits per heavy atom. The summed E-state index contributed by atoms with van der Waals surface area (Å²) in [5.74, 6) is 0. The average Bonchev–Trinajstić information content (AvgIpc) is 2.27. The van der Waals surface area contributed by atoms with Crippen LogP contribution in [-0.4, -0.2) is 19.6 Å². The summed E-state index contributed by atoms with van der Waals surface area (Å²) >= 11 is 0. The summed E-state index contributed by atoms with van der Waals surface area (Å²) in [5.41, 5.74) is 3.26. The Balaban J connectivity index is 1.93. The molecule has 0 aromatic heterocycles. The molecule has 1 N–H and O–H groups in total. The summed E-state index contributed by atoms with van der Waals surface area (Å²) in [6.45, 7) is 11.3. The summed E-state index contributed by atoms with van der Waals surface area (Å²) in [6.07, 6.45) is 1.19. The van der Waals surface area contributed by atoms with Crippen molar-refractivity contribution in [3.63, 3.8) is 0 Å². The van der Waals surface area contributed by atoms with E-state index in [9.17, 15) is 0 Å². The molecule has 0 aliphatic carbocycles. The van der Waals surface area contributed by atoms with E-state index in [1.165, 1.54) is 30.8 Å². The maximum absolute atomic E-state index is 3.45. The Labute approximate surface area is 105 Å². The quantitative estimate of drug-likeness (QED) is 0.785. The molecular weight excluding hydrogens is 208 g/mol. The third kappa shape index (κ3) is 3.22. The number of nitrogens with one attached hydrogen (secondary N) is 1. The molecule has 1 aromatic carbocycles. The van der Waals surface area contributed by atoms with Crippen LogP contribution in [0.1, 0.15) is 32.8 Å². The first kappa shape index (κ1) is 12.4. The minimum atomic E-state index is 0.496. The highest BCUT2D eigenvalue weighted by molar-refractivity contribution is 5.51. The fourth-order valence-electron chi connectivity index (χ4n) is 2.44. The molecule has 0 saturated carbocycles. The smallest absolute Gasteiger partial charge is 0.0369 e. The van der Waals surface area contributed by atoms with Gasteiger partial charge in [0.1, 0.15) is 0 Å². The molecule has 1 aliphatic rings. The van der Waals surface area contributed by atoms with Crippen molar-refractivity contribution in [1.29, 1.82) is 0 Å². The molecule has 2 heteroatoms. The van der Waals surface area contributed by atoms with E-state index in [1.807, 2.05) is 0 Å². The van der Waals surface area contributed by atoms with Gasteiger partial charge in [0, 0.05) is 25.3 Å². The molecule has 0 spiro atoms. The minimum Gasteiger partial charge on any atom is -0.370 e. The van der Waals surface area contributed by atoms with Crippen molar-refractivity contribution in [3.05, 3.63) is 29.8 Å². The highest BCUT2D eigenvalue weighted by atomic mass is 15.2. The summed E-state index contributed by atoms with van der Waals surface area (Å²) in [6, 6.07) is 8.91. The Morgan fingerprint density at radius 2 is 2.06 bits per heavy atom. The molecule has 0 atom stereocenters. The first-order valence-electron chi connectivity index (χ1n) is 6.65. The second-order valence-electron chi connectivity index (χ2n) is 5.87. The Kier molecular flexibility index (Phi) is 3.72. The molecule has 2 rings (SSSR count). The van der Waals surface area contributed by atoms with Crippen LogP contribution in [-0.2, 0) is 6.54 Å². The van der Waals surface area contributed by atoms with Crippen molar-refractivity contribution in [2.75, 3.05) is 24.5 Å². The van der Waals surface area contributed by atoms with Crippen LogP contribution in [0.5, 0.6) is 0 Å². The summed E-state index contributed by atoms with van der Waals surface area (Å²) < 4.78 is 0. The maximum atomic E-state index is 3.45. The van der Waals surface area contributed by atoms with Gasteiger partial charge in [-0.15, -0.1) is 0 Å². The summed E-state index contributed by atoms with van der Waals surface area (Å²) in [5, 5.41) is 3.45. The maximum Gasteiger partial charge on any atom is 0.0369 e. The van der Waals surface area contributed by atoms with E-state index in [2.05, 4.69) is 55.3 Å². The molecular formula is C15H24N2. The molecule has 2 nitrogen and oxygen atoms in total. The van der Waals surface area contributed by atoms with Gasteiger partial charge in [0.25, 0.3) is 0 Å². The van der Waals surface area contributed by atoms with Crippen LogP contribution < -0.4 is 10.2 Å². The van der Waals surface area contributed by atoms with E-state index >= 15 is 0 Å². The van der Waals surface area contributed by atoms with Crippen molar-refractivity contribution in [1.82, 2.24) is 5.32 Å². The zero-order valence-corrected chi connectivity index (χ0v) is 11.3. The predicted octanol–water partition coefficient (Wildman–Crippen LogP) is 3.03. The van der Waals surface area contributed by atoms with Crippen LogP contribution in [0.15, 0.2) is 24.3 Å². The lowest BCUT2D eigenvalue weighted by Crippen LogP contribution is -2.53. The van der Waals surface area contributed by atoms with E-state index in [0.29, 0.717) is 5.41 Å². The number of rotatable bonds is 5. The molecule has 0 bridgehead atoms. The molecule has 1 saturated heterocycles. The zero-order valence-electron chi connectivity index (χ0n) is 11.3. The van der Waals surface area contributed by atoms with Gasteiger partial charge in [0.05, 0.1) is 0 Å². The fourth-order valence-corrected chi connectivity index (χ4v) is 2.44. The highest BCUT2D eigenvalue weighted by Gasteiger charge is 2.33. The number of benzene rings is 1. The van der Waals surface area contributed by atoms with Crippen molar-refractivity contribution >= 4 is 5.69 Å². The van der Waals surface area contributed by atoms with E-state index in [0.717, 1.165) is 13.1 Å². The second kappa shape index (κ2) is 5.09. The van der Waals surface area contributed by atoms with Crippen LogP contribution >= 0.6 is 0 Å². The third-order valence-electron chi connectivity index (χ3n) is 3.27. The molecule has 0 unspecified atom stereocenters. The molecule has 17 heavy (non-hydrogen) atoms. The van der Waals surface area contributed by atoms with Crippen LogP contribution in [0.3, 0.4) is 0 Å². The lowest BCUT2D eigenvalue weighted by Gasteiger charge is -2.47. The van der Waals surface area contributed by atoms with Gasteiger partial charge in [-0.3, -0.25) is 0 Å². The molecule has 1 fully saturated rings. The monoisotopic (exact) mass is 232 g/mol. The van der Waals surface area contributed by atoms with Crippen LogP contribution in [0.25, 0.3) is 0 Å². The molecule has 1 aliphatic heterocycles. The summed E-state index contributed by atoms with van der Waals surface area (Å²) in [4.78, 5) is 2.46. The molecule has 1 aromatic rings. The van der Waals surface area contributed by atoms with Gasteiger partial charge < -0.3 is 10.2 Å². The van der Waals surface area contributed by atoms with E-state index in [4.69, 9.17) is 0 Å². The third-order valence-corrected chi connectivity index (χ3v) is 3.27. The normalized spacial score (nSPS) is 17.9. The number of hydrogen-bond donors (Lipinski definition) is 1. The fraction of sp³-hybridized carbons (Fsp3) is 0.600. The first-order valence-corrected chi connectivity index (χ1v) is 6.65. The van der Waals surface area contributed by atoms with Crippen molar-refractivity contribution in [2.24, 2.45) is 5.41 Å². The first-order chi connectivity index (χ1) is 8.11. The minimum absolute atomic E-state index is 0.496. The average molecular weight is 232 g/mol. The van der Waals surface area contributed by atoms with E-state index in [1.54, 1.807) is 0 Å². The van der Waals surface area contributed by atoms with Gasteiger partial charge in [0.2, 0.25) is 0 Å². The Morgan fingerprint density at radius 3 is 2.71 bits per heavy atom. The topological polar surface area (TPSA) is 15.3 Å². The molecule has 0 radical (unpaired) electrons. The van der Waals surface area contributed by atoms with Gasteiger partial charge in [0.15, 0.2) is 0 Å². The molecule has 94 valence electrons. The van der Waals surface area contributed by atoms with Crippen molar-refractivity contribution in [2.45, 2.75) is 33.7 Å². The van der Waals surface area contributed by atoms with Gasteiger partial charge in [-0.2, -0.15) is 0 Å². The van der Waals surface area contributed by atoms with Crippen molar-refractivity contribution in [3.8, 4) is 0 Å². The lowest BCUT2D eigenvalue weighted by molar-refractivity contribution is 0.276.